The number of nitrogens with zero attached hydrogens (tertiary/aromatic N) is 5. The van der Waals surface area contributed by atoms with Crippen LogP contribution in [0.2, 0.25) is 0 Å². The van der Waals surface area contributed by atoms with Crippen molar-refractivity contribution in [3.8, 4) is 0 Å². The third-order valence-corrected chi connectivity index (χ3v) is 5.81. The molecule has 0 radical (unpaired) electrons. The lowest BCUT2D eigenvalue weighted by atomic mass is 9.92. The van der Waals surface area contributed by atoms with Crippen LogP contribution in [-0.2, 0) is 24.4 Å². The summed E-state index contributed by atoms with van der Waals surface area (Å²) < 4.78 is 7.56. The summed E-state index contributed by atoms with van der Waals surface area (Å²) in [5.41, 5.74) is 4.02. The highest BCUT2D eigenvalue weighted by Gasteiger charge is 2.26. The van der Waals surface area contributed by atoms with Gasteiger partial charge in [-0.15, -0.1) is 0 Å². The van der Waals surface area contributed by atoms with E-state index in [4.69, 9.17) is 4.74 Å². The zero-order chi connectivity index (χ0) is 19.3. The van der Waals surface area contributed by atoms with E-state index in [0.717, 1.165) is 52.5 Å². The van der Waals surface area contributed by atoms with Crippen molar-refractivity contribution in [1.82, 2.24) is 29.8 Å². The molecule has 7 nitrogen and oxygen atoms in total. The molecule has 28 heavy (non-hydrogen) atoms. The quantitative estimate of drug-likeness (QED) is 0.792. The third kappa shape index (κ3) is 5.01. The van der Waals surface area contributed by atoms with Crippen molar-refractivity contribution in [2.45, 2.75) is 52.2 Å². The number of ether oxygens (including phenoxy) is 1. The Bertz CT molecular complexity index is 733. The fourth-order valence-corrected chi connectivity index (χ4v) is 4.46. The molecule has 0 saturated carbocycles. The Hall–Kier alpha value is -1.70. The Morgan fingerprint density at radius 1 is 1.14 bits per heavy atom. The zero-order valence-electron chi connectivity index (χ0n) is 17.3. The summed E-state index contributed by atoms with van der Waals surface area (Å²) in [7, 11) is 0. The third-order valence-electron chi connectivity index (χ3n) is 5.81. The standard InChI is InChI=1S/C21H34N6O/c1-17(2)12-27-14-18(10-23-27)13-26-5-3-4-19(15-26)21-20(11-22-24-21)16-25-6-8-28-9-7-25/h10-11,14,17,19H,3-9,12-13,15-16H2,1-2H3,(H,22,24)/t19-/m0/s1. The van der Waals surface area contributed by atoms with Gasteiger partial charge in [-0.05, 0) is 25.3 Å². The van der Waals surface area contributed by atoms with E-state index in [1.807, 2.05) is 12.4 Å². The largest absolute Gasteiger partial charge is 0.379 e. The number of hydrogen-bond acceptors (Lipinski definition) is 5. The summed E-state index contributed by atoms with van der Waals surface area (Å²) in [5, 5.41) is 12.2. The summed E-state index contributed by atoms with van der Waals surface area (Å²) in [6.45, 7) is 13.4. The molecular formula is C21H34N6O. The highest BCUT2D eigenvalue weighted by Crippen LogP contribution is 2.29. The van der Waals surface area contributed by atoms with Crippen molar-refractivity contribution in [2.24, 2.45) is 5.92 Å². The van der Waals surface area contributed by atoms with Gasteiger partial charge >= 0.3 is 0 Å². The van der Waals surface area contributed by atoms with E-state index in [-0.39, 0.29) is 0 Å². The van der Waals surface area contributed by atoms with Crippen molar-refractivity contribution in [3.63, 3.8) is 0 Å². The molecule has 2 saturated heterocycles. The van der Waals surface area contributed by atoms with E-state index in [1.54, 1.807) is 0 Å². The lowest BCUT2D eigenvalue weighted by Gasteiger charge is -2.33. The average Bonchev–Trinajstić information content (AvgIpc) is 3.32. The lowest BCUT2D eigenvalue weighted by Crippen LogP contribution is -2.37. The van der Waals surface area contributed by atoms with Gasteiger partial charge in [0.1, 0.15) is 0 Å². The number of aromatic amines is 1. The molecule has 2 aliphatic heterocycles. The van der Waals surface area contributed by atoms with Gasteiger partial charge in [-0.1, -0.05) is 13.8 Å². The number of H-pyrrole nitrogens is 1. The van der Waals surface area contributed by atoms with Crippen LogP contribution in [0.25, 0.3) is 0 Å². The minimum absolute atomic E-state index is 0.540. The first-order valence-electron chi connectivity index (χ1n) is 10.7. The van der Waals surface area contributed by atoms with Crippen molar-refractivity contribution in [3.05, 3.63) is 35.4 Å². The van der Waals surface area contributed by atoms with Crippen molar-refractivity contribution in [1.29, 1.82) is 0 Å². The minimum atomic E-state index is 0.540. The summed E-state index contributed by atoms with van der Waals surface area (Å²) in [6, 6.07) is 0. The Kier molecular flexibility index (Phi) is 6.44. The molecule has 1 N–H and O–H groups in total. The highest BCUT2D eigenvalue weighted by molar-refractivity contribution is 5.22. The molecule has 0 unspecified atom stereocenters. The second kappa shape index (κ2) is 9.20. The molecule has 2 fully saturated rings. The number of morpholine rings is 1. The van der Waals surface area contributed by atoms with Gasteiger partial charge in [0, 0.05) is 68.2 Å². The summed E-state index contributed by atoms with van der Waals surface area (Å²) >= 11 is 0. The van der Waals surface area contributed by atoms with Crippen molar-refractivity contribution in [2.75, 3.05) is 39.4 Å². The Balaban J connectivity index is 1.36. The second-order valence-corrected chi connectivity index (χ2v) is 8.74. The van der Waals surface area contributed by atoms with Crippen molar-refractivity contribution >= 4 is 0 Å². The molecule has 154 valence electrons. The van der Waals surface area contributed by atoms with E-state index in [9.17, 15) is 0 Å². The van der Waals surface area contributed by atoms with Gasteiger partial charge in [0.15, 0.2) is 0 Å². The molecule has 2 aliphatic rings. The van der Waals surface area contributed by atoms with E-state index < -0.39 is 0 Å². The van der Waals surface area contributed by atoms with Crippen LogP contribution in [0.15, 0.2) is 18.6 Å². The van der Waals surface area contributed by atoms with Gasteiger partial charge in [0.2, 0.25) is 0 Å². The Morgan fingerprint density at radius 2 is 2.00 bits per heavy atom. The monoisotopic (exact) mass is 386 g/mol. The smallest absolute Gasteiger partial charge is 0.0594 e. The number of hydrogen-bond donors (Lipinski definition) is 1. The first-order chi connectivity index (χ1) is 13.7. The van der Waals surface area contributed by atoms with Gasteiger partial charge < -0.3 is 4.74 Å². The van der Waals surface area contributed by atoms with Gasteiger partial charge in [-0.3, -0.25) is 19.6 Å². The van der Waals surface area contributed by atoms with Crippen LogP contribution in [0, 0.1) is 5.92 Å². The maximum absolute atomic E-state index is 5.48. The first kappa shape index (κ1) is 19.6. The molecule has 4 heterocycles. The number of rotatable bonds is 7. The topological polar surface area (TPSA) is 62.2 Å². The number of piperidine rings is 1. The predicted molar refractivity (Wildman–Crippen MR) is 109 cm³/mol. The van der Waals surface area contributed by atoms with Gasteiger partial charge in [0.25, 0.3) is 0 Å². The molecule has 2 aromatic heterocycles. The number of aromatic nitrogens is 4. The van der Waals surface area contributed by atoms with Crippen LogP contribution in [0.3, 0.4) is 0 Å². The lowest BCUT2D eigenvalue weighted by molar-refractivity contribution is 0.0339. The van der Waals surface area contributed by atoms with Crippen LogP contribution in [0.4, 0.5) is 0 Å². The van der Waals surface area contributed by atoms with Crippen LogP contribution in [0.1, 0.15) is 49.4 Å². The second-order valence-electron chi connectivity index (χ2n) is 8.74. The van der Waals surface area contributed by atoms with Crippen LogP contribution < -0.4 is 0 Å². The Labute approximate surface area is 168 Å². The van der Waals surface area contributed by atoms with Crippen LogP contribution >= 0.6 is 0 Å². The highest BCUT2D eigenvalue weighted by atomic mass is 16.5. The van der Waals surface area contributed by atoms with E-state index >= 15 is 0 Å². The molecule has 0 bridgehead atoms. The molecule has 0 amide bonds. The first-order valence-corrected chi connectivity index (χ1v) is 10.7. The molecule has 0 spiro atoms. The molecule has 0 aliphatic carbocycles. The summed E-state index contributed by atoms with van der Waals surface area (Å²) in [4.78, 5) is 5.05. The number of likely N-dealkylation sites (tertiary alicyclic amines) is 1. The molecule has 0 aromatic carbocycles. The molecule has 2 aromatic rings. The Morgan fingerprint density at radius 3 is 2.82 bits per heavy atom. The van der Waals surface area contributed by atoms with E-state index in [2.05, 4.69) is 49.8 Å². The van der Waals surface area contributed by atoms with Gasteiger partial charge in [0.05, 0.1) is 25.6 Å². The van der Waals surface area contributed by atoms with Gasteiger partial charge in [-0.2, -0.15) is 10.2 Å². The summed E-state index contributed by atoms with van der Waals surface area (Å²) in [5.74, 6) is 1.16. The van der Waals surface area contributed by atoms with E-state index in [1.165, 1.54) is 36.2 Å². The zero-order valence-corrected chi connectivity index (χ0v) is 17.3. The average molecular weight is 387 g/mol. The maximum atomic E-state index is 5.48. The van der Waals surface area contributed by atoms with E-state index in [0.29, 0.717) is 11.8 Å². The number of nitrogens with one attached hydrogen (secondary N) is 1. The molecule has 4 rings (SSSR count). The predicted octanol–water partition coefficient (Wildman–Crippen LogP) is 2.47. The van der Waals surface area contributed by atoms with Crippen molar-refractivity contribution < 1.29 is 4.74 Å². The minimum Gasteiger partial charge on any atom is -0.379 e. The SMILES string of the molecule is CC(C)Cn1cc(CN2CCC[C@H](c3[nH]ncc3CN3CCOCC3)C2)cn1. The molecular weight excluding hydrogens is 352 g/mol. The van der Waals surface area contributed by atoms with Crippen LogP contribution in [0.5, 0.6) is 0 Å². The fourth-order valence-electron chi connectivity index (χ4n) is 4.46. The normalized spacial score (nSPS) is 22.2. The van der Waals surface area contributed by atoms with Gasteiger partial charge in [-0.25, -0.2) is 0 Å². The summed E-state index contributed by atoms with van der Waals surface area (Å²) in [6.07, 6.45) is 8.75. The molecule has 1 atom stereocenters. The molecule has 7 heteroatoms. The fraction of sp³-hybridized carbons (Fsp3) is 0.714. The van der Waals surface area contributed by atoms with Crippen LogP contribution in [-0.4, -0.2) is 69.2 Å². The maximum Gasteiger partial charge on any atom is 0.0594 e.